The number of rotatable bonds is 3. The molecule has 2 atom stereocenters. The third-order valence-corrected chi connectivity index (χ3v) is 4.17. The minimum absolute atomic E-state index is 0.0369. The van der Waals surface area contributed by atoms with E-state index in [2.05, 4.69) is 17.2 Å². The zero-order chi connectivity index (χ0) is 13.7. The van der Waals surface area contributed by atoms with Crippen LogP contribution in [-0.4, -0.2) is 31.7 Å². The molecule has 1 saturated heterocycles. The van der Waals surface area contributed by atoms with Crippen molar-refractivity contribution in [1.29, 1.82) is 0 Å². The van der Waals surface area contributed by atoms with Gasteiger partial charge in [0.15, 0.2) is 0 Å². The van der Waals surface area contributed by atoms with Gasteiger partial charge in [-0.2, -0.15) is 0 Å². The van der Waals surface area contributed by atoms with Crippen molar-refractivity contribution < 1.29 is 9.53 Å². The van der Waals surface area contributed by atoms with E-state index in [4.69, 9.17) is 10.5 Å². The number of ether oxygens (including phenoxy) is 1. The Morgan fingerprint density at radius 1 is 1.68 bits per heavy atom. The predicted molar refractivity (Wildman–Crippen MR) is 76.1 cm³/mol. The van der Waals surface area contributed by atoms with Gasteiger partial charge in [0.25, 0.3) is 5.91 Å². The fourth-order valence-electron chi connectivity index (χ4n) is 2.01. The highest BCUT2D eigenvalue weighted by Gasteiger charge is 2.24. The second-order valence-corrected chi connectivity index (χ2v) is 5.64. The molecule has 5 heteroatoms. The summed E-state index contributed by atoms with van der Waals surface area (Å²) < 4.78 is 5.34. The zero-order valence-corrected chi connectivity index (χ0v) is 11.8. The molecule has 0 aliphatic carbocycles. The Bertz CT molecular complexity index is 495. The summed E-state index contributed by atoms with van der Waals surface area (Å²) in [6.07, 6.45) is 1.01. The van der Waals surface area contributed by atoms with Crippen molar-refractivity contribution in [3.05, 3.63) is 21.9 Å². The fraction of sp³-hybridized carbons (Fsp3) is 0.500. The van der Waals surface area contributed by atoms with Crippen LogP contribution in [0.3, 0.4) is 0 Å². The van der Waals surface area contributed by atoms with E-state index in [0.717, 1.165) is 24.5 Å². The second kappa shape index (κ2) is 6.71. The Morgan fingerprint density at radius 2 is 2.53 bits per heavy atom. The number of nitrogens with two attached hydrogens (primary N) is 1. The largest absolute Gasteiger partial charge is 0.381 e. The van der Waals surface area contributed by atoms with Crippen molar-refractivity contribution >= 4 is 17.2 Å². The van der Waals surface area contributed by atoms with Crippen molar-refractivity contribution in [3.8, 4) is 11.8 Å². The standard InChI is InChI=1S/C14H18N2O2S/c1-10(11-6-8-18-9-11)16-14(17)13-5-4-12(19-13)3-2-7-15/h4-5,10-11H,6-9,15H2,1H3,(H,16,17). The van der Waals surface area contributed by atoms with Gasteiger partial charge in [0.1, 0.15) is 0 Å². The highest BCUT2D eigenvalue weighted by molar-refractivity contribution is 7.14. The zero-order valence-electron chi connectivity index (χ0n) is 10.9. The van der Waals surface area contributed by atoms with Crippen LogP contribution in [0.25, 0.3) is 0 Å². The van der Waals surface area contributed by atoms with Gasteiger partial charge < -0.3 is 15.8 Å². The Kier molecular flexibility index (Phi) is 4.97. The molecule has 1 fully saturated rings. The van der Waals surface area contributed by atoms with Gasteiger partial charge in [-0.1, -0.05) is 11.8 Å². The SMILES string of the molecule is CC(NC(=O)c1ccc(C#CCN)s1)C1CCOC1. The van der Waals surface area contributed by atoms with Crippen LogP contribution in [0.2, 0.25) is 0 Å². The van der Waals surface area contributed by atoms with Gasteiger partial charge in [0, 0.05) is 18.6 Å². The van der Waals surface area contributed by atoms with Gasteiger partial charge in [-0.05, 0) is 25.5 Å². The van der Waals surface area contributed by atoms with Crippen LogP contribution < -0.4 is 11.1 Å². The van der Waals surface area contributed by atoms with Gasteiger partial charge in [-0.25, -0.2) is 0 Å². The monoisotopic (exact) mass is 278 g/mol. The quantitative estimate of drug-likeness (QED) is 0.817. The van der Waals surface area contributed by atoms with E-state index in [1.165, 1.54) is 11.3 Å². The first kappa shape index (κ1) is 14.1. The average molecular weight is 278 g/mol. The lowest BCUT2D eigenvalue weighted by Crippen LogP contribution is -2.38. The Labute approximate surface area is 117 Å². The molecule has 0 aromatic carbocycles. The second-order valence-electron chi connectivity index (χ2n) is 4.56. The molecule has 1 aliphatic rings. The van der Waals surface area contributed by atoms with E-state index >= 15 is 0 Å². The summed E-state index contributed by atoms with van der Waals surface area (Å²) in [7, 11) is 0. The lowest BCUT2D eigenvalue weighted by molar-refractivity contribution is 0.0926. The molecular weight excluding hydrogens is 260 g/mol. The predicted octanol–water partition coefficient (Wildman–Crippen LogP) is 1.21. The summed E-state index contributed by atoms with van der Waals surface area (Å²) in [5.41, 5.74) is 5.32. The molecule has 0 spiro atoms. The Hall–Kier alpha value is -1.35. The molecule has 1 aliphatic heterocycles. The molecule has 102 valence electrons. The van der Waals surface area contributed by atoms with Crippen LogP contribution in [0.5, 0.6) is 0 Å². The molecule has 0 bridgehead atoms. The molecule has 2 unspecified atom stereocenters. The molecule has 2 rings (SSSR count). The van der Waals surface area contributed by atoms with E-state index in [1.807, 2.05) is 13.0 Å². The minimum Gasteiger partial charge on any atom is -0.381 e. The topological polar surface area (TPSA) is 64.4 Å². The summed E-state index contributed by atoms with van der Waals surface area (Å²) in [6.45, 7) is 3.89. The molecule has 4 nitrogen and oxygen atoms in total. The average Bonchev–Trinajstić information content (AvgIpc) is 3.07. The van der Waals surface area contributed by atoms with Crippen LogP contribution in [0, 0.1) is 17.8 Å². The first-order chi connectivity index (χ1) is 9.20. The van der Waals surface area contributed by atoms with Gasteiger partial charge in [0.05, 0.1) is 22.9 Å². The summed E-state index contributed by atoms with van der Waals surface area (Å²) in [6, 6.07) is 3.79. The highest BCUT2D eigenvalue weighted by Crippen LogP contribution is 2.19. The van der Waals surface area contributed by atoms with E-state index < -0.39 is 0 Å². The smallest absolute Gasteiger partial charge is 0.261 e. The Balaban J connectivity index is 1.93. The minimum atomic E-state index is -0.0369. The summed E-state index contributed by atoms with van der Waals surface area (Å²) in [4.78, 5) is 13.6. The number of nitrogens with one attached hydrogen (secondary N) is 1. The van der Waals surface area contributed by atoms with Crippen molar-refractivity contribution in [2.24, 2.45) is 11.7 Å². The van der Waals surface area contributed by atoms with Crippen LogP contribution >= 0.6 is 11.3 Å². The summed E-state index contributed by atoms with van der Waals surface area (Å²) >= 11 is 1.39. The molecule has 19 heavy (non-hydrogen) atoms. The molecule has 0 radical (unpaired) electrons. The van der Waals surface area contributed by atoms with Crippen LogP contribution in [0.15, 0.2) is 12.1 Å². The molecular formula is C14H18N2O2S. The van der Waals surface area contributed by atoms with E-state index in [-0.39, 0.29) is 11.9 Å². The van der Waals surface area contributed by atoms with Crippen molar-refractivity contribution in [3.63, 3.8) is 0 Å². The number of carbonyl (C=O) groups is 1. The van der Waals surface area contributed by atoms with Crippen LogP contribution in [0.4, 0.5) is 0 Å². The number of hydrogen-bond acceptors (Lipinski definition) is 4. The molecule has 1 aromatic heterocycles. The van der Waals surface area contributed by atoms with Gasteiger partial charge in [-0.15, -0.1) is 11.3 Å². The lowest BCUT2D eigenvalue weighted by Gasteiger charge is -2.18. The first-order valence-corrected chi connectivity index (χ1v) is 7.19. The highest BCUT2D eigenvalue weighted by atomic mass is 32.1. The third kappa shape index (κ3) is 3.80. The molecule has 3 N–H and O–H groups in total. The maximum atomic E-state index is 12.1. The van der Waals surface area contributed by atoms with Crippen LogP contribution in [0.1, 0.15) is 27.9 Å². The van der Waals surface area contributed by atoms with Gasteiger partial charge in [0.2, 0.25) is 0 Å². The number of thiophene rings is 1. The van der Waals surface area contributed by atoms with Crippen LogP contribution in [-0.2, 0) is 4.74 Å². The molecule has 2 heterocycles. The first-order valence-electron chi connectivity index (χ1n) is 6.38. The molecule has 1 amide bonds. The summed E-state index contributed by atoms with van der Waals surface area (Å²) in [5.74, 6) is 6.09. The van der Waals surface area contributed by atoms with Gasteiger partial charge in [-0.3, -0.25) is 4.79 Å². The molecule has 1 aromatic rings. The normalized spacial score (nSPS) is 19.6. The van der Waals surface area contributed by atoms with Crippen molar-refractivity contribution in [2.45, 2.75) is 19.4 Å². The number of carbonyl (C=O) groups excluding carboxylic acids is 1. The number of amides is 1. The number of hydrogen-bond donors (Lipinski definition) is 2. The molecule has 0 saturated carbocycles. The fourth-order valence-corrected chi connectivity index (χ4v) is 2.79. The lowest BCUT2D eigenvalue weighted by atomic mass is 10.0. The van der Waals surface area contributed by atoms with E-state index in [1.54, 1.807) is 6.07 Å². The maximum Gasteiger partial charge on any atom is 0.261 e. The van der Waals surface area contributed by atoms with E-state index in [9.17, 15) is 4.79 Å². The van der Waals surface area contributed by atoms with Crippen molar-refractivity contribution in [2.75, 3.05) is 19.8 Å². The van der Waals surface area contributed by atoms with Crippen molar-refractivity contribution in [1.82, 2.24) is 5.32 Å². The van der Waals surface area contributed by atoms with E-state index in [0.29, 0.717) is 17.3 Å². The van der Waals surface area contributed by atoms with Gasteiger partial charge >= 0.3 is 0 Å². The maximum absolute atomic E-state index is 12.1. The summed E-state index contributed by atoms with van der Waals surface area (Å²) in [5, 5.41) is 3.03. The Morgan fingerprint density at radius 3 is 3.21 bits per heavy atom. The third-order valence-electron chi connectivity index (χ3n) is 3.17.